The molecular weight excluding hydrogens is 336 g/mol. The van der Waals surface area contributed by atoms with Crippen molar-refractivity contribution < 1.29 is 24.3 Å². The van der Waals surface area contributed by atoms with E-state index in [2.05, 4.69) is 0 Å². The number of rotatable bonds is 7. The van der Waals surface area contributed by atoms with E-state index in [-0.39, 0.29) is 37.0 Å². The number of carbonyl (C=O) groups is 4. The van der Waals surface area contributed by atoms with Gasteiger partial charge in [0.05, 0.1) is 12.5 Å². The molecule has 1 fully saturated rings. The van der Waals surface area contributed by atoms with E-state index in [9.17, 15) is 19.2 Å². The SMILES string of the molecule is CN(CC(=O)N1CCC(C(=O)O)CC1)C(=O)CCC(=O)c1ccccc1. The minimum atomic E-state index is -0.826. The molecule has 1 aromatic rings. The second-order valence-electron chi connectivity index (χ2n) is 6.53. The van der Waals surface area contributed by atoms with Gasteiger partial charge in [-0.2, -0.15) is 0 Å². The first-order chi connectivity index (χ1) is 12.4. The van der Waals surface area contributed by atoms with Crippen molar-refractivity contribution in [1.82, 2.24) is 9.80 Å². The summed E-state index contributed by atoms with van der Waals surface area (Å²) in [5.41, 5.74) is 0.570. The monoisotopic (exact) mass is 360 g/mol. The van der Waals surface area contributed by atoms with Gasteiger partial charge in [0.2, 0.25) is 11.8 Å². The highest BCUT2D eigenvalue weighted by molar-refractivity contribution is 5.98. The quantitative estimate of drug-likeness (QED) is 0.742. The predicted octanol–water partition coefficient (Wildman–Crippen LogP) is 1.43. The Labute approximate surface area is 152 Å². The number of likely N-dealkylation sites (tertiary alicyclic amines) is 1. The maximum Gasteiger partial charge on any atom is 0.306 e. The fourth-order valence-corrected chi connectivity index (χ4v) is 2.95. The third-order valence-electron chi connectivity index (χ3n) is 4.66. The third kappa shape index (κ3) is 5.40. The van der Waals surface area contributed by atoms with Crippen molar-refractivity contribution in [3.8, 4) is 0 Å². The van der Waals surface area contributed by atoms with Gasteiger partial charge in [0.25, 0.3) is 0 Å². The average molecular weight is 360 g/mol. The van der Waals surface area contributed by atoms with Gasteiger partial charge in [-0.05, 0) is 12.8 Å². The first-order valence-corrected chi connectivity index (χ1v) is 8.71. The van der Waals surface area contributed by atoms with Crippen molar-refractivity contribution in [2.45, 2.75) is 25.7 Å². The van der Waals surface area contributed by atoms with Crippen molar-refractivity contribution in [3.05, 3.63) is 35.9 Å². The van der Waals surface area contributed by atoms with E-state index in [4.69, 9.17) is 5.11 Å². The first kappa shape index (κ1) is 19.6. The number of ketones is 1. The van der Waals surface area contributed by atoms with Crippen LogP contribution in [0.25, 0.3) is 0 Å². The van der Waals surface area contributed by atoms with Gasteiger partial charge in [0.15, 0.2) is 5.78 Å². The minimum absolute atomic E-state index is 0.0542. The summed E-state index contributed by atoms with van der Waals surface area (Å²) in [5, 5.41) is 8.98. The zero-order valence-corrected chi connectivity index (χ0v) is 14.9. The lowest BCUT2D eigenvalue weighted by Crippen LogP contribution is -2.45. The normalized spacial score (nSPS) is 14.7. The topological polar surface area (TPSA) is 95.0 Å². The summed E-state index contributed by atoms with van der Waals surface area (Å²) in [7, 11) is 1.54. The van der Waals surface area contributed by atoms with Crippen LogP contribution < -0.4 is 0 Å². The molecule has 2 amide bonds. The van der Waals surface area contributed by atoms with Gasteiger partial charge in [0.1, 0.15) is 0 Å². The lowest BCUT2D eigenvalue weighted by atomic mass is 9.97. The van der Waals surface area contributed by atoms with Gasteiger partial charge in [-0.1, -0.05) is 30.3 Å². The van der Waals surface area contributed by atoms with E-state index in [1.807, 2.05) is 6.07 Å². The van der Waals surface area contributed by atoms with E-state index in [1.165, 1.54) is 11.9 Å². The minimum Gasteiger partial charge on any atom is -0.481 e. The van der Waals surface area contributed by atoms with Crippen LogP contribution in [0.5, 0.6) is 0 Å². The Hall–Kier alpha value is -2.70. The lowest BCUT2D eigenvalue weighted by Gasteiger charge is -2.31. The Bertz CT molecular complexity index is 666. The molecule has 7 nitrogen and oxygen atoms in total. The van der Waals surface area contributed by atoms with Gasteiger partial charge in [-0.25, -0.2) is 0 Å². The van der Waals surface area contributed by atoms with Crippen LogP contribution in [0.1, 0.15) is 36.0 Å². The number of aliphatic carboxylic acids is 1. The molecule has 1 aromatic carbocycles. The average Bonchev–Trinajstić information content (AvgIpc) is 2.66. The summed E-state index contributed by atoms with van der Waals surface area (Å²) in [4.78, 5) is 50.3. The first-order valence-electron chi connectivity index (χ1n) is 8.71. The lowest BCUT2D eigenvalue weighted by molar-refractivity contribution is -0.146. The number of nitrogens with zero attached hydrogens (tertiary/aromatic N) is 2. The molecule has 0 radical (unpaired) electrons. The third-order valence-corrected chi connectivity index (χ3v) is 4.66. The molecule has 0 aliphatic carbocycles. The second-order valence-corrected chi connectivity index (χ2v) is 6.53. The maximum atomic E-state index is 12.3. The zero-order valence-electron chi connectivity index (χ0n) is 14.9. The number of hydrogen-bond donors (Lipinski definition) is 1. The van der Waals surface area contributed by atoms with E-state index >= 15 is 0 Å². The highest BCUT2D eigenvalue weighted by Gasteiger charge is 2.27. The second kappa shape index (κ2) is 9.12. The summed E-state index contributed by atoms with van der Waals surface area (Å²) < 4.78 is 0. The molecule has 0 unspecified atom stereocenters. The van der Waals surface area contributed by atoms with Crippen molar-refractivity contribution >= 4 is 23.6 Å². The predicted molar refractivity (Wildman–Crippen MR) is 94.6 cm³/mol. The molecule has 140 valence electrons. The Morgan fingerprint density at radius 2 is 1.69 bits per heavy atom. The van der Waals surface area contributed by atoms with E-state index in [0.29, 0.717) is 31.5 Å². The number of carboxylic acid groups (broad SMARTS) is 1. The molecule has 1 heterocycles. The number of benzene rings is 1. The summed E-state index contributed by atoms with van der Waals surface area (Å²) >= 11 is 0. The molecule has 0 aromatic heterocycles. The smallest absolute Gasteiger partial charge is 0.306 e. The molecule has 1 aliphatic heterocycles. The molecule has 0 spiro atoms. The van der Waals surface area contributed by atoms with Crippen LogP contribution >= 0.6 is 0 Å². The number of hydrogen-bond acceptors (Lipinski definition) is 4. The molecular formula is C19H24N2O5. The number of likely N-dealkylation sites (N-methyl/N-ethyl adjacent to an activating group) is 1. The van der Waals surface area contributed by atoms with Crippen LogP contribution in [0.3, 0.4) is 0 Å². The van der Waals surface area contributed by atoms with E-state index < -0.39 is 11.9 Å². The fraction of sp³-hybridized carbons (Fsp3) is 0.474. The van der Waals surface area contributed by atoms with Gasteiger partial charge in [-0.15, -0.1) is 0 Å². The molecule has 0 atom stereocenters. The van der Waals surface area contributed by atoms with Crippen LogP contribution in [0.15, 0.2) is 30.3 Å². The summed E-state index contributed by atoms with van der Waals surface area (Å²) in [5.74, 6) is -1.79. The largest absolute Gasteiger partial charge is 0.481 e. The van der Waals surface area contributed by atoms with Crippen molar-refractivity contribution in [2.75, 3.05) is 26.7 Å². The Kier molecular flexibility index (Phi) is 6.89. The number of amides is 2. The molecule has 26 heavy (non-hydrogen) atoms. The number of Topliss-reactive ketones (excluding diaryl/α,β-unsaturated/α-hetero) is 1. The fourth-order valence-electron chi connectivity index (χ4n) is 2.95. The molecule has 7 heteroatoms. The number of piperidine rings is 1. The molecule has 0 saturated carbocycles. The zero-order chi connectivity index (χ0) is 19.1. The summed E-state index contributed by atoms with van der Waals surface area (Å²) in [6.45, 7) is 0.727. The van der Waals surface area contributed by atoms with Crippen molar-refractivity contribution in [3.63, 3.8) is 0 Å². The standard InChI is InChI=1S/C19H24N2O5/c1-20(13-18(24)21-11-9-15(10-12-21)19(25)26)17(23)8-7-16(22)14-5-3-2-4-6-14/h2-6,15H,7-13H2,1H3,(H,25,26). The van der Waals surface area contributed by atoms with Crippen molar-refractivity contribution in [1.29, 1.82) is 0 Å². The number of carbonyl (C=O) groups excluding carboxylic acids is 3. The van der Waals surface area contributed by atoms with Gasteiger partial charge < -0.3 is 14.9 Å². The maximum absolute atomic E-state index is 12.3. The molecule has 1 N–H and O–H groups in total. The van der Waals surface area contributed by atoms with Crippen LogP contribution in [0.4, 0.5) is 0 Å². The Balaban J connectivity index is 1.75. The molecule has 0 bridgehead atoms. The Morgan fingerprint density at radius 1 is 1.08 bits per heavy atom. The van der Waals surface area contributed by atoms with Crippen molar-refractivity contribution in [2.24, 2.45) is 5.92 Å². The summed E-state index contributed by atoms with van der Waals surface area (Å²) in [6.07, 6.45) is 1.03. The van der Waals surface area contributed by atoms with Crippen LogP contribution in [-0.4, -0.2) is 65.2 Å². The molecule has 2 rings (SSSR count). The molecule has 1 saturated heterocycles. The summed E-state index contributed by atoms with van der Waals surface area (Å²) in [6, 6.07) is 8.78. The van der Waals surface area contributed by atoms with Gasteiger partial charge in [-0.3, -0.25) is 19.2 Å². The van der Waals surface area contributed by atoms with E-state index in [1.54, 1.807) is 29.2 Å². The molecule has 1 aliphatic rings. The number of carboxylic acids is 1. The Morgan fingerprint density at radius 3 is 2.27 bits per heavy atom. The van der Waals surface area contributed by atoms with Crippen LogP contribution in [0, 0.1) is 5.92 Å². The highest BCUT2D eigenvalue weighted by Crippen LogP contribution is 2.17. The van der Waals surface area contributed by atoms with E-state index in [0.717, 1.165) is 0 Å². The van der Waals surface area contributed by atoms with Crippen LogP contribution in [-0.2, 0) is 14.4 Å². The van der Waals surface area contributed by atoms with Gasteiger partial charge in [0, 0.05) is 38.5 Å². The van der Waals surface area contributed by atoms with Crippen LogP contribution in [0.2, 0.25) is 0 Å². The highest BCUT2D eigenvalue weighted by atomic mass is 16.4. The van der Waals surface area contributed by atoms with Gasteiger partial charge >= 0.3 is 5.97 Å².